The molecule has 0 spiro atoms. The minimum absolute atomic E-state index is 0.0430. The summed E-state index contributed by atoms with van der Waals surface area (Å²) < 4.78 is 96.5. The predicted molar refractivity (Wildman–Crippen MR) is 80.1 cm³/mol. The van der Waals surface area contributed by atoms with Crippen LogP contribution < -0.4 is 0 Å². The Morgan fingerprint density at radius 2 is 1.52 bits per heavy atom. The normalized spacial score (nSPS) is 17.2. The summed E-state index contributed by atoms with van der Waals surface area (Å²) in [6.45, 7) is 4.79. The molecule has 1 aromatic rings. The Morgan fingerprint density at radius 3 is 1.92 bits per heavy atom. The average Bonchev–Trinajstić information content (AvgIpc) is 2.51. The third-order valence-electron chi connectivity index (χ3n) is 4.61. The fourth-order valence-corrected chi connectivity index (χ4v) is 2.53. The van der Waals surface area contributed by atoms with Gasteiger partial charge in [-0.2, -0.15) is 26.3 Å². The van der Waals surface area contributed by atoms with E-state index in [-0.39, 0.29) is 11.5 Å². The molecule has 0 aliphatic heterocycles. The van der Waals surface area contributed by atoms with Gasteiger partial charge >= 0.3 is 18.0 Å². The van der Waals surface area contributed by atoms with Crippen molar-refractivity contribution in [2.45, 2.75) is 63.2 Å². The molecule has 0 heterocycles. The number of methoxy groups -OCH3 is 1. The van der Waals surface area contributed by atoms with Crippen LogP contribution in [0.3, 0.4) is 0 Å². The van der Waals surface area contributed by atoms with Gasteiger partial charge in [0.25, 0.3) is 0 Å². The highest BCUT2D eigenvalue weighted by atomic mass is 19.4. The maximum Gasteiger partial charge on any atom is 0.431 e. The lowest BCUT2D eigenvalue weighted by Crippen LogP contribution is -2.56. The zero-order chi connectivity index (χ0) is 19.7. The summed E-state index contributed by atoms with van der Waals surface area (Å²) in [5.41, 5.74) is -6.70. The van der Waals surface area contributed by atoms with E-state index < -0.39 is 30.0 Å². The molecule has 0 saturated heterocycles. The van der Waals surface area contributed by atoms with Crippen LogP contribution in [0.15, 0.2) is 24.3 Å². The van der Waals surface area contributed by atoms with Gasteiger partial charge in [-0.15, -0.1) is 0 Å². The number of ether oxygens (including phenoxy) is 1. The molecule has 0 aromatic heterocycles. The Kier molecular flexibility index (Phi) is 6.20. The lowest BCUT2D eigenvalue weighted by Gasteiger charge is -2.38. The molecule has 0 bridgehead atoms. The van der Waals surface area contributed by atoms with Crippen LogP contribution in [0, 0.1) is 0 Å². The van der Waals surface area contributed by atoms with Crippen molar-refractivity contribution in [2.75, 3.05) is 7.11 Å². The molecule has 0 aliphatic carbocycles. The summed E-state index contributed by atoms with van der Waals surface area (Å²) >= 11 is 0. The van der Waals surface area contributed by atoms with Crippen molar-refractivity contribution in [2.24, 2.45) is 0 Å². The summed E-state index contributed by atoms with van der Waals surface area (Å²) in [4.78, 5) is 0. The molecule has 1 rings (SSSR count). The van der Waals surface area contributed by atoms with Crippen LogP contribution in [0.1, 0.15) is 50.7 Å². The van der Waals surface area contributed by atoms with E-state index in [1.165, 1.54) is 18.2 Å². The molecule has 25 heavy (non-hydrogen) atoms. The Bertz CT molecular complexity index is 565. The largest absolute Gasteiger partial charge is 0.431 e. The van der Waals surface area contributed by atoms with Crippen LogP contribution in [0.25, 0.3) is 0 Å². The number of hydrogen-bond acceptors (Lipinski definition) is 1. The van der Waals surface area contributed by atoms with Gasteiger partial charge < -0.3 is 4.74 Å². The highest BCUT2D eigenvalue weighted by Gasteiger charge is 2.74. The van der Waals surface area contributed by atoms with Crippen molar-refractivity contribution >= 4 is 0 Å². The van der Waals surface area contributed by atoms with Gasteiger partial charge in [-0.1, -0.05) is 38.1 Å². The van der Waals surface area contributed by atoms with Crippen LogP contribution in [0.4, 0.5) is 30.7 Å². The molecular weight excluding hydrogens is 353 g/mol. The Morgan fingerprint density at radius 1 is 1.00 bits per heavy atom. The molecule has 1 aromatic carbocycles. The standard InChI is InChI=1S/C17H21F7O/c1-5-11(2)12-7-6-8-13(9-12)14(3,25-4)10-15(18,16(19,20)21)17(22,23)24/h6-9,11H,5,10H2,1-4H3. The van der Waals surface area contributed by atoms with Gasteiger partial charge in [0, 0.05) is 13.5 Å². The summed E-state index contributed by atoms with van der Waals surface area (Å²) in [7, 11) is 0.961. The van der Waals surface area contributed by atoms with Crippen LogP contribution in [-0.4, -0.2) is 25.1 Å². The topological polar surface area (TPSA) is 9.23 Å². The van der Waals surface area contributed by atoms with E-state index in [0.717, 1.165) is 26.0 Å². The summed E-state index contributed by atoms with van der Waals surface area (Å²) in [5, 5.41) is 0. The molecule has 0 N–H and O–H groups in total. The van der Waals surface area contributed by atoms with Gasteiger partial charge in [0.1, 0.15) is 0 Å². The fraction of sp³-hybridized carbons (Fsp3) is 0.647. The predicted octanol–water partition coefficient (Wildman–Crippen LogP) is 6.28. The molecule has 144 valence electrons. The lowest BCUT2D eigenvalue weighted by molar-refractivity contribution is -0.353. The van der Waals surface area contributed by atoms with Gasteiger partial charge in [0.2, 0.25) is 0 Å². The second-order valence-corrected chi connectivity index (χ2v) is 6.34. The molecular formula is C17H21F7O. The molecule has 2 atom stereocenters. The third-order valence-corrected chi connectivity index (χ3v) is 4.61. The molecule has 1 nitrogen and oxygen atoms in total. The molecule has 0 saturated carbocycles. The number of alkyl halides is 7. The summed E-state index contributed by atoms with van der Waals surface area (Å²) in [5.74, 6) is 0.0430. The quantitative estimate of drug-likeness (QED) is 0.532. The molecule has 8 heteroatoms. The number of hydrogen-bond donors (Lipinski definition) is 0. The van der Waals surface area contributed by atoms with E-state index in [1.54, 1.807) is 6.07 Å². The summed E-state index contributed by atoms with van der Waals surface area (Å²) in [6, 6.07) is 6.02. The van der Waals surface area contributed by atoms with Crippen LogP contribution >= 0.6 is 0 Å². The molecule has 0 aliphatic rings. The highest BCUT2D eigenvalue weighted by molar-refractivity contribution is 5.31. The van der Waals surface area contributed by atoms with E-state index >= 15 is 0 Å². The number of halogens is 7. The Labute approximate surface area is 142 Å². The zero-order valence-electron chi connectivity index (χ0n) is 14.4. The van der Waals surface area contributed by atoms with Crippen LogP contribution in [-0.2, 0) is 10.3 Å². The summed E-state index contributed by atoms with van der Waals surface area (Å²) in [6.07, 6.45) is -13.4. The highest BCUT2D eigenvalue weighted by Crippen LogP contribution is 2.52. The van der Waals surface area contributed by atoms with E-state index in [4.69, 9.17) is 4.74 Å². The third kappa shape index (κ3) is 4.27. The number of benzene rings is 1. The van der Waals surface area contributed by atoms with E-state index in [9.17, 15) is 30.7 Å². The van der Waals surface area contributed by atoms with Crippen molar-refractivity contribution in [1.29, 1.82) is 0 Å². The average molecular weight is 374 g/mol. The fourth-order valence-electron chi connectivity index (χ4n) is 2.53. The van der Waals surface area contributed by atoms with Crippen LogP contribution in [0.5, 0.6) is 0 Å². The van der Waals surface area contributed by atoms with Crippen molar-refractivity contribution in [3.8, 4) is 0 Å². The minimum atomic E-state index is -6.11. The first kappa shape index (κ1) is 21.7. The van der Waals surface area contributed by atoms with Gasteiger partial charge in [-0.25, -0.2) is 4.39 Å². The maximum atomic E-state index is 14.2. The second-order valence-electron chi connectivity index (χ2n) is 6.34. The maximum absolute atomic E-state index is 14.2. The zero-order valence-corrected chi connectivity index (χ0v) is 14.4. The van der Waals surface area contributed by atoms with Crippen molar-refractivity contribution in [1.82, 2.24) is 0 Å². The first-order chi connectivity index (χ1) is 11.2. The first-order valence-electron chi connectivity index (χ1n) is 7.70. The minimum Gasteiger partial charge on any atom is -0.374 e. The molecule has 0 amide bonds. The van der Waals surface area contributed by atoms with E-state index in [0.29, 0.717) is 0 Å². The van der Waals surface area contributed by atoms with E-state index in [2.05, 4.69) is 0 Å². The molecule has 0 radical (unpaired) electrons. The van der Waals surface area contributed by atoms with Gasteiger partial charge in [0.05, 0.1) is 5.60 Å². The van der Waals surface area contributed by atoms with Crippen LogP contribution in [0.2, 0.25) is 0 Å². The molecule has 0 fully saturated rings. The van der Waals surface area contributed by atoms with Gasteiger partial charge in [0.15, 0.2) is 0 Å². The Balaban J connectivity index is 3.40. The number of rotatable bonds is 6. The monoisotopic (exact) mass is 374 g/mol. The lowest BCUT2D eigenvalue weighted by atomic mass is 9.81. The van der Waals surface area contributed by atoms with Gasteiger partial charge in [-0.05, 0) is 30.4 Å². The van der Waals surface area contributed by atoms with Gasteiger partial charge in [-0.3, -0.25) is 0 Å². The van der Waals surface area contributed by atoms with Crippen molar-refractivity contribution in [3.05, 3.63) is 35.4 Å². The first-order valence-corrected chi connectivity index (χ1v) is 7.70. The van der Waals surface area contributed by atoms with Crippen molar-refractivity contribution in [3.63, 3.8) is 0 Å². The van der Waals surface area contributed by atoms with E-state index in [1.807, 2.05) is 13.8 Å². The SMILES string of the molecule is CCC(C)c1cccc(C(C)(CC(F)(C(F)(F)F)C(F)(F)F)OC)c1. The Hall–Kier alpha value is -1.31. The molecule has 2 unspecified atom stereocenters. The second kappa shape index (κ2) is 7.13. The van der Waals surface area contributed by atoms with Crippen molar-refractivity contribution < 1.29 is 35.5 Å². The smallest absolute Gasteiger partial charge is 0.374 e.